The second-order valence-electron chi connectivity index (χ2n) is 10.5. The van der Waals surface area contributed by atoms with Gasteiger partial charge in [0, 0.05) is 18.5 Å². The smallest absolute Gasteiger partial charge is 0.242 e. The van der Waals surface area contributed by atoms with Crippen LogP contribution in [-0.2, 0) is 22.6 Å². The van der Waals surface area contributed by atoms with E-state index in [-0.39, 0.29) is 30.3 Å². The minimum Gasteiger partial charge on any atom is -0.493 e. The molecule has 0 saturated heterocycles. The van der Waals surface area contributed by atoms with Crippen LogP contribution in [0.4, 0.5) is 0 Å². The van der Waals surface area contributed by atoms with Gasteiger partial charge in [-0.05, 0) is 68.9 Å². The van der Waals surface area contributed by atoms with Gasteiger partial charge in [0.2, 0.25) is 11.8 Å². The number of amides is 2. The van der Waals surface area contributed by atoms with Gasteiger partial charge >= 0.3 is 0 Å². The fraction of sp³-hybridized carbons (Fsp3) is 0.600. The Hall–Kier alpha value is -2.96. The predicted molar refractivity (Wildman–Crippen MR) is 143 cm³/mol. The number of carbonyl (C=O) groups excluding carboxylic acids is 2. The minimum absolute atomic E-state index is 0.0218. The quantitative estimate of drug-likeness (QED) is 0.398. The Labute approximate surface area is 221 Å². The number of carbonyl (C=O) groups is 2. The lowest BCUT2D eigenvalue weighted by Gasteiger charge is -2.37. The molecule has 0 bridgehead atoms. The number of rotatable bonds is 11. The van der Waals surface area contributed by atoms with E-state index in [9.17, 15) is 9.59 Å². The summed E-state index contributed by atoms with van der Waals surface area (Å²) in [6.07, 6.45) is 10.2. The Balaban J connectivity index is 1.51. The summed E-state index contributed by atoms with van der Waals surface area (Å²) in [6, 6.07) is 9.86. The maximum Gasteiger partial charge on any atom is 0.242 e. The summed E-state index contributed by atoms with van der Waals surface area (Å²) in [4.78, 5) is 31.2. The molecule has 2 amide bonds. The van der Waals surface area contributed by atoms with E-state index in [0.29, 0.717) is 31.0 Å². The van der Waals surface area contributed by atoms with Crippen LogP contribution in [-0.4, -0.2) is 55.0 Å². The monoisotopic (exact) mass is 510 g/mol. The van der Waals surface area contributed by atoms with E-state index in [1.807, 2.05) is 47.1 Å². The molecule has 2 saturated carbocycles. The van der Waals surface area contributed by atoms with Gasteiger partial charge in [-0.2, -0.15) is 0 Å². The third-order valence-corrected chi connectivity index (χ3v) is 7.92. The van der Waals surface area contributed by atoms with Gasteiger partial charge in [-0.15, -0.1) is 0 Å². The van der Waals surface area contributed by atoms with Crippen molar-refractivity contribution in [1.29, 1.82) is 0 Å². The van der Waals surface area contributed by atoms with Crippen molar-refractivity contribution >= 4 is 11.8 Å². The van der Waals surface area contributed by atoms with E-state index >= 15 is 0 Å². The molecule has 2 aromatic rings. The fourth-order valence-corrected chi connectivity index (χ4v) is 5.78. The lowest BCUT2D eigenvalue weighted by atomic mass is 9.92. The Bertz CT molecular complexity index is 1040. The molecule has 4 rings (SSSR count). The molecular weight excluding hydrogens is 468 g/mol. The number of benzene rings is 1. The first kappa shape index (κ1) is 27.1. The number of furan rings is 1. The largest absolute Gasteiger partial charge is 0.493 e. The average Bonchev–Trinajstić information content (AvgIpc) is 3.61. The highest BCUT2D eigenvalue weighted by molar-refractivity contribution is 5.86. The molecule has 0 spiro atoms. The first-order chi connectivity index (χ1) is 18.0. The summed E-state index contributed by atoms with van der Waals surface area (Å²) in [7, 11) is 3.24. The third-order valence-electron chi connectivity index (χ3n) is 7.92. The zero-order valence-corrected chi connectivity index (χ0v) is 22.7. The van der Waals surface area contributed by atoms with Crippen molar-refractivity contribution in [3.63, 3.8) is 0 Å². The van der Waals surface area contributed by atoms with Crippen molar-refractivity contribution in [2.24, 2.45) is 5.92 Å². The van der Waals surface area contributed by atoms with E-state index in [4.69, 9.17) is 13.9 Å². The molecule has 2 aliphatic rings. The highest BCUT2D eigenvalue weighted by Crippen LogP contribution is 2.31. The molecule has 37 heavy (non-hydrogen) atoms. The highest BCUT2D eigenvalue weighted by Gasteiger charge is 2.34. The SMILES string of the molecule is COc1ccc(CCN(Cc2ccc(C)o2)C(=O)CN(C(=O)C2CCCC2)C2CCCCC2)cc1OC. The van der Waals surface area contributed by atoms with Crippen LogP contribution in [0.15, 0.2) is 34.7 Å². The van der Waals surface area contributed by atoms with Crippen molar-refractivity contribution in [3.05, 3.63) is 47.4 Å². The number of hydrogen-bond donors (Lipinski definition) is 0. The van der Waals surface area contributed by atoms with Crippen molar-refractivity contribution in [2.75, 3.05) is 27.3 Å². The number of nitrogens with zero attached hydrogens (tertiary/aromatic N) is 2. The van der Waals surface area contributed by atoms with Gasteiger partial charge in [-0.3, -0.25) is 9.59 Å². The Morgan fingerprint density at radius 3 is 2.27 bits per heavy atom. The van der Waals surface area contributed by atoms with Crippen molar-refractivity contribution in [3.8, 4) is 11.5 Å². The standard InChI is InChI=1S/C30H42N2O5/c1-22-13-15-26(37-22)20-31(18-17-23-14-16-27(35-2)28(19-23)36-3)29(33)21-32(25-11-5-4-6-12-25)30(34)24-9-7-8-10-24/h13-16,19,24-25H,4-12,17-18,20-21H2,1-3H3. The van der Waals surface area contributed by atoms with E-state index in [1.54, 1.807) is 14.2 Å². The second-order valence-corrected chi connectivity index (χ2v) is 10.5. The minimum atomic E-state index is -0.0218. The molecule has 0 atom stereocenters. The maximum atomic E-state index is 13.8. The normalized spacial score (nSPS) is 16.5. The summed E-state index contributed by atoms with van der Waals surface area (Å²) in [6.45, 7) is 2.95. The fourth-order valence-electron chi connectivity index (χ4n) is 5.78. The van der Waals surface area contributed by atoms with Gasteiger partial charge in [-0.1, -0.05) is 38.2 Å². The summed E-state index contributed by atoms with van der Waals surface area (Å²) in [5.41, 5.74) is 1.05. The van der Waals surface area contributed by atoms with Gasteiger partial charge in [-0.25, -0.2) is 0 Å². The number of ether oxygens (including phenoxy) is 2. The number of hydrogen-bond acceptors (Lipinski definition) is 5. The Kier molecular flexibility index (Phi) is 9.53. The van der Waals surface area contributed by atoms with Crippen LogP contribution in [0, 0.1) is 12.8 Å². The summed E-state index contributed by atoms with van der Waals surface area (Å²) < 4.78 is 16.6. The molecule has 202 valence electrons. The van der Waals surface area contributed by atoms with Crippen LogP contribution in [0.3, 0.4) is 0 Å². The van der Waals surface area contributed by atoms with Crippen LogP contribution in [0.25, 0.3) is 0 Å². The average molecular weight is 511 g/mol. The zero-order valence-electron chi connectivity index (χ0n) is 22.7. The molecule has 2 fully saturated rings. The molecule has 0 aliphatic heterocycles. The van der Waals surface area contributed by atoms with Crippen molar-refractivity contribution in [1.82, 2.24) is 9.80 Å². The van der Waals surface area contributed by atoms with Gasteiger partial charge in [0.15, 0.2) is 11.5 Å². The van der Waals surface area contributed by atoms with E-state index in [1.165, 1.54) is 6.42 Å². The molecular formula is C30H42N2O5. The van der Waals surface area contributed by atoms with Crippen LogP contribution in [0.5, 0.6) is 11.5 Å². The first-order valence-corrected chi connectivity index (χ1v) is 13.8. The van der Waals surface area contributed by atoms with E-state index < -0.39 is 0 Å². The lowest BCUT2D eigenvalue weighted by molar-refractivity contribution is -0.146. The van der Waals surface area contributed by atoms with Crippen LogP contribution >= 0.6 is 0 Å². The maximum absolute atomic E-state index is 13.8. The van der Waals surface area contributed by atoms with E-state index in [2.05, 4.69) is 0 Å². The van der Waals surface area contributed by atoms with Gasteiger partial charge < -0.3 is 23.7 Å². The number of methoxy groups -OCH3 is 2. The predicted octanol–water partition coefficient (Wildman–Crippen LogP) is 5.53. The molecule has 1 aromatic heterocycles. The van der Waals surface area contributed by atoms with Crippen LogP contribution in [0.1, 0.15) is 74.9 Å². The van der Waals surface area contributed by atoms with E-state index in [0.717, 1.165) is 68.5 Å². The summed E-state index contributed by atoms with van der Waals surface area (Å²) >= 11 is 0. The molecule has 7 heteroatoms. The third kappa shape index (κ3) is 7.08. The molecule has 0 N–H and O–H groups in total. The van der Waals surface area contributed by atoms with Gasteiger partial charge in [0.1, 0.15) is 18.1 Å². The Morgan fingerprint density at radius 1 is 0.919 bits per heavy atom. The zero-order chi connectivity index (χ0) is 26.2. The summed E-state index contributed by atoms with van der Waals surface area (Å²) in [5.74, 6) is 3.16. The molecule has 1 heterocycles. The van der Waals surface area contributed by atoms with Crippen LogP contribution < -0.4 is 9.47 Å². The van der Waals surface area contributed by atoms with Gasteiger partial charge in [0.05, 0.1) is 20.8 Å². The van der Waals surface area contributed by atoms with Gasteiger partial charge in [0.25, 0.3) is 0 Å². The van der Waals surface area contributed by atoms with Crippen molar-refractivity contribution < 1.29 is 23.5 Å². The summed E-state index contributed by atoms with van der Waals surface area (Å²) in [5, 5.41) is 0. The molecule has 0 radical (unpaired) electrons. The lowest BCUT2D eigenvalue weighted by Crippen LogP contribution is -2.50. The molecule has 0 unspecified atom stereocenters. The first-order valence-electron chi connectivity index (χ1n) is 13.8. The number of aryl methyl sites for hydroxylation is 1. The highest BCUT2D eigenvalue weighted by atomic mass is 16.5. The van der Waals surface area contributed by atoms with Crippen molar-refractivity contribution in [2.45, 2.75) is 83.7 Å². The molecule has 7 nitrogen and oxygen atoms in total. The second kappa shape index (κ2) is 13.0. The Morgan fingerprint density at radius 2 is 1.62 bits per heavy atom. The van der Waals surface area contributed by atoms with Crippen LogP contribution in [0.2, 0.25) is 0 Å². The molecule has 2 aliphatic carbocycles. The topological polar surface area (TPSA) is 72.2 Å². The molecule has 1 aromatic carbocycles.